The van der Waals surface area contributed by atoms with Gasteiger partial charge in [-0.15, -0.1) is 14.9 Å². The molecule has 1 aliphatic heterocycles. The van der Waals surface area contributed by atoms with Crippen molar-refractivity contribution in [2.75, 3.05) is 6.61 Å². The van der Waals surface area contributed by atoms with E-state index < -0.39 is 5.56 Å². The number of halogens is 1. The summed E-state index contributed by atoms with van der Waals surface area (Å²) in [7, 11) is 0. The molecule has 0 amide bonds. The minimum absolute atomic E-state index is 0.0584. The van der Waals surface area contributed by atoms with Crippen molar-refractivity contribution in [3.63, 3.8) is 0 Å². The number of nitrogens with zero attached hydrogens (tertiary/aromatic N) is 4. The number of benzene rings is 1. The van der Waals surface area contributed by atoms with E-state index in [1.807, 2.05) is 6.92 Å². The van der Waals surface area contributed by atoms with Crippen LogP contribution < -0.4 is 5.56 Å². The molecule has 3 rings (SSSR count). The average molecular weight is 321 g/mol. The second-order valence-corrected chi connectivity index (χ2v) is 5.34. The van der Waals surface area contributed by atoms with Gasteiger partial charge in [0.05, 0.1) is 10.7 Å². The number of rotatable bonds is 2. The summed E-state index contributed by atoms with van der Waals surface area (Å²) in [5, 5.41) is 21.9. The fourth-order valence-corrected chi connectivity index (χ4v) is 2.71. The van der Waals surface area contributed by atoms with Crippen LogP contribution in [-0.4, -0.2) is 32.5 Å². The van der Waals surface area contributed by atoms with Gasteiger partial charge in [0.15, 0.2) is 11.5 Å². The maximum atomic E-state index is 12.2. The Hall–Kier alpha value is -2.41. The van der Waals surface area contributed by atoms with Gasteiger partial charge in [-0.1, -0.05) is 22.8 Å². The first-order chi connectivity index (χ1) is 10.5. The van der Waals surface area contributed by atoms with Crippen LogP contribution in [0.5, 0.6) is 0 Å². The van der Waals surface area contributed by atoms with Crippen LogP contribution in [-0.2, 0) is 4.84 Å². The summed E-state index contributed by atoms with van der Waals surface area (Å²) in [6.45, 7) is 3.81. The lowest BCUT2D eigenvalue weighted by Crippen LogP contribution is -2.25. The van der Waals surface area contributed by atoms with E-state index in [0.717, 1.165) is 16.8 Å². The van der Waals surface area contributed by atoms with Crippen LogP contribution in [0, 0.1) is 13.8 Å². The minimum Gasteiger partial charge on any atom is -0.424 e. The molecular formula is C14H13ClN4O3. The van der Waals surface area contributed by atoms with Gasteiger partial charge >= 0.3 is 5.56 Å². The van der Waals surface area contributed by atoms with Crippen molar-refractivity contribution >= 4 is 17.3 Å². The van der Waals surface area contributed by atoms with E-state index in [1.54, 1.807) is 12.1 Å². The van der Waals surface area contributed by atoms with Crippen molar-refractivity contribution in [1.29, 1.82) is 0 Å². The van der Waals surface area contributed by atoms with Crippen LogP contribution in [0.2, 0.25) is 5.02 Å². The van der Waals surface area contributed by atoms with E-state index in [2.05, 4.69) is 15.4 Å². The zero-order chi connectivity index (χ0) is 15.9. The van der Waals surface area contributed by atoms with E-state index in [9.17, 15) is 10.0 Å². The molecule has 22 heavy (non-hydrogen) atoms. The van der Waals surface area contributed by atoms with E-state index in [1.165, 1.54) is 6.92 Å². The molecule has 0 saturated heterocycles. The zero-order valence-electron chi connectivity index (χ0n) is 12.0. The number of oxime groups is 1. The van der Waals surface area contributed by atoms with Crippen LogP contribution in [0.15, 0.2) is 22.1 Å². The molecule has 0 radical (unpaired) electrons. The molecule has 0 aliphatic carbocycles. The summed E-state index contributed by atoms with van der Waals surface area (Å²) in [4.78, 5) is 17.2. The molecule has 0 spiro atoms. The molecule has 114 valence electrons. The predicted octanol–water partition coefficient (Wildman–Crippen LogP) is 1.94. The Morgan fingerprint density at radius 3 is 2.77 bits per heavy atom. The minimum atomic E-state index is -0.631. The van der Waals surface area contributed by atoms with Crippen molar-refractivity contribution in [1.82, 2.24) is 14.9 Å². The first-order valence-electron chi connectivity index (χ1n) is 6.65. The molecule has 1 aromatic heterocycles. The molecule has 1 aromatic carbocycles. The Labute approximate surface area is 130 Å². The lowest BCUT2D eigenvalue weighted by molar-refractivity contribution is 0.162. The summed E-state index contributed by atoms with van der Waals surface area (Å²) < 4.78 is 0.478. The molecule has 7 nitrogen and oxygen atoms in total. The van der Waals surface area contributed by atoms with Gasteiger partial charge in [0.1, 0.15) is 6.61 Å². The van der Waals surface area contributed by atoms with Crippen LogP contribution in [0.3, 0.4) is 0 Å². The van der Waals surface area contributed by atoms with Crippen LogP contribution in [0.1, 0.15) is 23.4 Å². The molecule has 0 bridgehead atoms. The van der Waals surface area contributed by atoms with Crippen molar-refractivity contribution < 1.29 is 10.0 Å². The molecule has 1 aliphatic rings. The Kier molecular flexibility index (Phi) is 3.58. The van der Waals surface area contributed by atoms with E-state index in [-0.39, 0.29) is 11.5 Å². The standard InChI is InChI=1S/C14H13ClN4O3/c1-7-9(13-14(20)19(21)8(2)16-17-13)3-4-10(15)12(7)11-5-6-22-18-11/h3-4,21H,5-6H2,1-2H3. The van der Waals surface area contributed by atoms with Gasteiger partial charge in [0.2, 0.25) is 0 Å². The summed E-state index contributed by atoms with van der Waals surface area (Å²) >= 11 is 6.26. The van der Waals surface area contributed by atoms with Crippen LogP contribution in [0.4, 0.5) is 0 Å². The third-order valence-corrected chi connectivity index (χ3v) is 3.87. The number of aryl methyl sites for hydroxylation is 1. The molecule has 8 heteroatoms. The Balaban J connectivity index is 2.23. The molecule has 2 aromatic rings. The van der Waals surface area contributed by atoms with E-state index in [0.29, 0.717) is 28.3 Å². The van der Waals surface area contributed by atoms with Crippen molar-refractivity contribution in [3.05, 3.63) is 44.5 Å². The highest BCUT2D eigenvalue weighted by Gasteiger charge is 2.21. The van der Waals surface area contributed by atoms with Gasteiger partial charge in [-0.2, -0.15) is 0 Å². The third-order valence-electron chi connectivity index (χ3n) is 3.56. The average Bonchev–Trinajstić information content (AvgIpc) is 3.00. The summed E-state index contributed by atoms with van der Waals surface area (Å²) in [6.07, 6.45) is 0.647. The first-order valence-corrected chi connectivity index (χ1v) is 7.02. The highest BCUT2D eigenvalue weighted by Crippen LogP contribution is 2.30. The highest BCUT2D eigenvalue weighted by molar-refractivity contribution is 6.34. The Morgan fingerprint density at radius 2 is 2.09 bits per heavy atom. The summed E-state index contributed by atoms with van der Waals surface area (Å²) in [5.41, 5.74) is 2.18. The Bertz CT molecular complexity index is 845. The maximum Gasteiger partial charge on any atom is 0.312 e. The fourth-order valence-electron chi connectivity index (χ4n) is 2.40. The molecule has 2 heterocycles. The summed E-state index contributed by atoms with van der Waals surface area (Å²) in [5.74, 6) is 0.120. The molecule has 0 unspecified atom stereocenters. The predicted molar refractivity (Wildman–Crippen MR) is 80.5 cm³/mol. The third kappa shape index (κ3) is 2.23. The number of hydrogen-bond donors (Lipinski definition) is 1. The smallest absolute Gasteiger partial charge is 0.312 e. The monoisotopic (exact) mass is 320 g/mol. The van der Waals surface area contributed by atoms with Gasteiger partial charge in [-0.05, 0) is 25.5 Å². The number of hydrogen-bond acceptors (Lipinski definition) is 6. The van der Waals surface area contributed by atoms with Crippen molar-refractivity contribution in [2.45, 2.75) is 20.3 Å². The zero-order valence-corrected chi connectivity index (χ0v) is 12.8. The van der Waals surface area contributed by atoms with Crippen molar-refractivity contribution in [3.8, 4) is 11.3 Å². The number of aromatic nitrogens is 3. The van der Waals surface area contributed by atoms with Gasteiger partial charge in [-0.3, -0.25) is 4.79 Å². The largest absolute Gasteiger partial charge is 0.424 e. The van der Waals surface area contributed by atoms with Crippen molar-refractivity contribution in [2.24, 2.45) is 5.16 Å². The Morgan fingerprint density at radius 1 is 1.32 bits per heavy atom. The van der Waals surface area contributed by atoms with Gasteiger partial charge in [0.25, 0.3) is 0 Å². The molecular weight excluding hydrogens is 308 g/mol. The second kappa shape index (κ2) is 5.42. The van der Waals surface area contributed by atoms with Gasteiger partial charge in [-0.25, -0.2) is 0 Å². The van der Waals surface area contributed by atoms with E-state index >= 15 is 0 Å². The lowest BCUT2D eigenvalue weighted by Gasteiger charge is -2.12. The normalized spacial score (nSPS) is 13.9. The summed E-state index contributed by atoms with van der Waals surface area (Å²) in [6, 6.07) is 3.35. The highest BCUT2D eigenvalue weighted by atomic mass is 35.5. The molecule has 0 atom stereocenters. The molecule has 0 saturated carbocycles. The molecule has 0 fully saturated rings. The lowest BCUT2D eigenvalue weighted by atomic mass is 9.96. The van der Waals surface area contributed by atoms with Crippen LogP contribution >= 0.6 is 11.6 Å². The quantitative estimate of drug-likeness (QED) is 0.854. The first kappa shape index (κ1) is 14.5. The molecule has 1 N–H and O–H groups in total. The van der Waals surface area contributed by atoms with Gasteiger partial charge < -0.3 is 10.0 Å². The second-order valence-electron chi connectivity index (χ2n) is 4.93. The topological polar surface area (TPSA) is 89.6 Å². The fraction of sp³-hybridized carbons (Fsp3) is 0.286. The van der Waals surface area contributed by atoms with E-state index in [4.69, 9.17) is 16.4 Å². The van der Waals surface area contributed by atoms with Crippen LogP contribution in [0.25, 0.3) is 11.3 Å². The van der Waals surface area contributed by atoms with Gasteiger partial charge in [0, 0.05) is 17.5 Å². The SMILES string of the molecule is Cc1c(-c2nnc(C)n(O)c2=O)ccc(Cl)c1C1=NOCC1. The maximum absolute atomic E-state index is 12.2.